The van der Waals surface area contributed by atoms with Gasteiger partial charge < -0.3 is 9.47 Å². The van der Waals surface area contributed by atoms with Gasteiger partial charge in [-0.3, -0.25) is 5.32 Å². The van der Waals surface area contributed by atoms with Crippen LogP contribution in [0.25, 0.3) is 5.69 Å². The van der Waals surface area contributed by atoms with E-state index < -0.39 is 35.8 Å². The quantitative estimate of drug-likeness (QED) is 0.476. The molecule has 0 saturated heterocycles. The van der Waals surface area contributed by atoms with Gasteiger partial charge in [0.1, 0.15) is 5.75 Å². The van der Waals surface area contributed by atoms with Gasteiger partial charge in [-0.15, -0.1) is 13.2 Å². The van der Waals surface area contributed by atoms with Crippen LogP contribution in [0.5, 0.6) is 11.5 Å². The number of benzene rings is 2. The Labute approximate surface area is 174 Å². The van der Waals surface area contributed by atoms with E-state index in [4.69, 9.17) is 16.3 Å². The summed E-state index contributed by atoms with van der Waals surface area (Å²) in [7, 11) is 0. The summed E-state index contributed by atoms with van der Waals surface area (Å²) in [6.07, 6.45) is -10.6. The minimum absolute atomic E-state index is 0.00369. The molecule has 0 atom stereocenters. The normalized spacial score (nSPS) is 11.8. The molecule has 0 unspecified atom stereocenters. The number of carbonyl (C=O) groups excluding carboxylic acids is 1. The van der Waals surface area contributed by atoms with Crippen molar-refractivity contribution in [2.45, 2.75) is 12.5 Å². The fraction of sp³-hybridized carbons (Fsp3) is 0.111. The molecule has 2 aromatic carbocycles. The van der Waals surface area contributed by atoms with E-state index in [0.717, 1.165) is 18.2 Å². The number of anilines is 1. The third kappa shape index (κ3) is 5.81. The number of nitrogens with one attached hydrogen (secondary N) is 1. The second kappa shape index (κ2) is 8.38. The molecular weight excluding hydrogens is 456 g/mol. The summed E-state index contributed by atoms with van der Waals surface area (Å²) >= 11 is 5.73. The lowest BCUT2D eigenvalue weighted by molar-refractivity contribution is -0.274. The van der Waals surface area contributed by atoms with E-state index in [9.17, 15) is 31.1 Å². The molecule has 3 aromatic rings. The van der Waals surface area contributed by atoms with Crippen molar-refractivity contribution in [3.8, 4) is 17.2 Å². The van der Waals surface area contributed by atoms with Crippen molar-refractivity contribution in [1.29, 1.82) is 0 Å². The molecule has 0 fully saturated rings. The van der Waals surface area contributed by atoms with Gasteiger partial charge in [0.25, 0.3) is 0 Å². The zero-order chi connectivity index (χ0) is 22.8. The van der Waals surface area contributed by atoms with Gasteiger partial charge in [0.2, 0.25) is 0 Å². The molecule has 6 nitrogen and oxygen atoms in total. The second-order valence-electron chi connectivity index (χ2n) is 5.83. The standard InChI is InChI=1S/C18H10ClF6N3O3/c19-10-4-6-12(7-5-10)28-15(17(20,21)22)14(9-26-28)30-16(29)27-11-2-1-3-13(8-11)31-18(23,24)25/h1-9H,(H,27,29). The Kier molecular flexibility index (Phi) is 6.02. The number of alkyl halides is 6. The van der Waals surface area contributed by atoms with Crippen LogP contribution in [0.2, 0.25) is 5.02 Å². The van der Waals surface area contributed by atoms with Crippen molar-refractivity contribution in [3.05, 3.63) is 65.4 Å². The summed E-state index contributed by atoms with van der Waals surface area (Å²) in [5.74, 6) is -1.56. The molecule has 0 spiro atoms. The number of hydrogen-bond donors (Lipinski definition) is 1. The van der Waals surface area contributed by atoms with Crippen LogP contribution >= 0.6 is 11.6 Å². The zero-order valence-electron chi connectivity index (χ0n) is 15.0. The number of aromatic nitrogens is 2. The molecular formula is C18H10ClF6N3O3. The Morgan fingerprint density at radius 3 is 2.32 bits per heavy atom. The van der Waals surface area contributed by atoms with E-state index in [1.807, 2.05) is 5.32 Å². The first kappa shape index (κ1) is 22.3. The number of rotatable bonds is 4. The number of halogens is 7. The van der Waals surface area contributed by atoms with E-state index in [1.54, 1.807) is 0 Å². The highest BCUT2D eigenvalue weighted by molar-refractivity contribution is 6.30. The summed E-state index contributed by atoms with van der Waals surface area (Å²) in [6, 6.07) is 9.37. The smallest absolute Gasteiger partial charge is 0.406 e. The van der Waals surface area contributed by atoms with Gasteiger partial charge >= 0.3 is 18.6 Å². The molecule has 1 amide bonds. The molecule has 13 heteroatoms. The Morgan fingerprint density at radius 2 is 1.71 bits per heavy atom. The molecule has 0 radical (unpaired) electrons. The maximum atomic E-state index is 13.6. The Bertz CT molecular complexity index is 1080. The van der Waals surface area contributed by atoms with Crippen LogP contribution in [-0.2, 0) is 6.18 Å². The lowest BCUT2D eigenvalue weighted by atomic mass is 10.3. The van der Waals surface area contributed by atoms with E-state index in [-0.39, 0.29) is 16.4 Å². The number of carbonyl (C=O) groups is 1. The van der Waals surface area contributed by atoms with Gasteiger partial charge in [0.15, 0.2) is 11.4 Å². The predicted molar refractivity (Wildman–Crippen MR) is 96.3 cm³/mol. The van der Waals surface area contributed by atoms with Crippen LogP contribution in [0.3, 0.4) is 0 Å². The van der Waals surface area contributed by atoms with Gasteiger partial charge in [-0.2, -0.15) is 18.3 Å². The molecule has 31 heavy (non-hydrogen) atoms. The maximum absolute atomic E-state index is 13.6. The number of amides is 1. The lowest BCUT2D eigenvalue weighted by Gasteiger charge is -2.13. The SMILES string of the molecule is O=C(Nc1cccc(OC(F)(F)F)c1)Oc1cnn(-c2ccc(Cl)cc2)c1C(F)(F)F. The van der Waals surface area contributed by atoms with Crippen LogP contribution in [0, 0.1) is 0 Å². The summed E-state index contributed by atoms with van der Waals surface area (Å²) < 4.78 is 86.5. The molecule has 0 aliphatic heterocycles. The van der Waals surface area contributed by atoms with Crippen LogP contribution in [-0.4, -0.2) is 22.2 Å². The zero-order valence-corrected chi connectivity index (χ0v) is 15.7. The van der Waals surface area contributed by atoms with E-state index >= 15 is 0 Å². The molecule has 164 valence electrons. The molecule has 0 saturated carbocycles. The van der Waals surface area contributed by atoms with Crippen LogP contribution in [0.1, 0.15) is 5.69 Å². The highest BCUT2D eigenvalue weighted by atomic mass is 35.5. The fourth-order valence-corrected chi connectivity index (χ4v) is 2.59. The number of hydrogen-bond acceptors (Lipinski definition) is 4. The molecule has 0 aliphatic carbocycles. The topological polar surface area (TPSA) is 65.4 Å². The average molecular weight is 466 g/mol. The van der Waals surface area contributed by atoms with Crippen molar-refractivity contribution in [1.82, 2.24) is 9.78 Å². The number of nitrogens with zero attached hydrogens (tertiary/aromatic N) is 2. The Hall–Kier alpha value is -3.41. The summed E-state index contributed by atoms with van der Waals surface area (Å²) in [6.45, 7) is 0. The Morgan fingerprint density at radius 1 is 1.03 bits per heavy atom. The first-order chi connectivity index (χ1) is 14.4. The van der Waals surface area contributed by atoms with Gasteiger partial charge in [0, 0.05) is 16.8 Å². The Balaban J connectivity index is 1.82. The third-order valence-electron chi connectivity index (χ3n) is 3.59. The molecule has 0 bridgehead atoms. The summed E-state index contributed by atoms with van der Waals surface area (Å²) in [5.41, 5.74) is -1.58. The third-order valence-corrected chi connectivity index (χ3v) is 3.84. The molecule has 0 aliphatic rings. The highest BCUT2D eigenvalue weighted by Gasteiger charge is 2.40. The number of ether oxygens (including phenoxy) is 2. The molecule has 3 rings (SSSR count). The van der Waals surface area contributed by atoms with E-state index in [2.05, 4.69) is 9.84 Å². The second-order valence-corrected chi connectivity index (χ2v) is 6.27. The van der Waals surface area contributed by atoms with Crippen LogP contribution in [0.15, 0.2) is 54.7 Å². The van der Waals surface area contributed by atoms with Gasteiger partial charge in [-0.05, 0) is 36.4 Å². The van der Waals surface area contributed by atoms with E-state index in [0.29, 0.717) is 10.9 Å². The minimum Gasteiger partial charge on any atom is -0.406 e. The predicted octanol–water partition coefficient (Wildman–Crippen LogP) is 6.05. The first-order valence-electron chi connectivity index (χ1n) is 8.18. The molecule has 1 heterocycles. The average Bonchev–Trinajstić information content (AvgIpc) is 3.05. The van der Waals surface area contributed by atoms with Crippen LogP contribution < -0.4 is 14.8 Å². The first-order valence-corrected chi connectivity index (χ1v) is 8.56. The summed E-state index contributed by atoms with van der Waals surface area (Å²) in [5, 5.41) is 5.91. The largest absolute Gasteiger partial charge is 0.573 e. The minimum atomic E-state index is -4.96. The highest BCUT2D eigenvalue weighted by Crippen LogP contribution is 2.38. The van der Waals surface area contributed by atoms with Crippen molar-refractivity contribution >= 4 is 23.4 Å². The lowest BCUT2D eigenvalue weighted by Crippen LogP contribution is -2.20. The van der Waals surface area contributed by atoms with Gasteiger partial charge in [-0.1, -0.05) is 17.7 Å². The molecule has 1 N–H and O–H groups in total. The van der Waals surface area contributed by atoms with Crippen LogP contribution in [0.4, 0.5) is 36.8 Å². The van der Waals surface area contributed by atoms with Gasteiger partial charge in [0.05, 0.1) is 11.9 Å². The monoisotopic (exact) mass is 465 g/mol. The van der Waals surface area contributed by atoms with Crippen molar-refractivity contribution in [3.63, 3.8) is 0 Å². The molecule has 1 aromatic heterocycles. The summed E-state index contributed by atoms with van der Waals surface area (Å²) in [4.78, 5) is 12.0. The fourth-order valence-electron chi connectivity index (χ4n) is 2.46. The van der Waals surface area contributed by atoms with E-state index in [1.165, 1.54) is 30.3 Å². The van der Waals surface area contributed by atoms with Crippen molar-refractivity contribution < 1.29 is 40.6 Å². The maximum Gasteiger partial charge on any atom is 0.573 e. The van der Waals surface area contributed by atoms with Crippen molar-refractivity contribution in [2.75, 3.05) is 5.32 Å². The van der Waals surface area contributed by atoms with Gasteiger partial charge in [-0.25, -0.2) is 9.48 Å². The van der Waals surface area contributed by atoms with Crippen molar-refractivity contribution in [2.24, 2.45) is 0 Å².